The van der Waals surface area contributed by atoms with Gasteiger partial charge in [0.25, 0.3) is 0 Å². The summed E-state index contributed by atoms with van der Waals surface area (Å²) in [5.74, 6) is 0.686. The minimum atomic E-state index is -1.06. The third-order valence-electron chi connectivity index (χ3n) is 9.76. The Balaban J connectivity index is 1.69. The molecule has 0 saturated heterocycles. The highest BCUT2D eigenvalue weighted by atomic mass is 16.6. The average Bonchev–Trinajstić information content (AvgIpc) is 3.14. The van der Waals surface area contributed by atoms with Crippen LogP contribution in [0.25, 0.3) is 0 Å². The lowest BCUT2D eigenvalue weighted by molar-refractivity contribution is -0.183. The average molecular weight is 490 g/mol. The van der Waals surface area contributed by atoms with Crippen LogP contribution in [-0.4, -0.2) is 37.2 Å². The van der Waals surface area contributed by atoms with Gasteiger partial charge in [-0.2, -0.15) is 0 Å². The number of allylic oxidation sites excluding steroid dienone is 4. The van der Waals surface area contributed by atoms with Gasteiger partial charge < -0.3 is 9.64 Å². The molecule has 5 heteroatoms. The first kappa shape index (κ1) is 25.0. The maximum atomic E-state index is 13.6. The lowest BCUT2D eigenvalue weighted by Gasteiger charge is -2.55. The molecule has 0 spiro atoms. The molecule has 5 atom stereocenters. The van der Waals surface area contributed by atoms with E-state index in [1.165, 1.54) is 29.2 Å². The zero-order valence-electron chi connectivity index (χ0n) is 22.4. The van der Waals surface area contributed by atoms with Crippen molar-refractivity contribution in [2.24, 2.45) is 17.3 Å². The summed E-state index contributed by atoms with van der Waals surface area (Å²) < 4.78 is 6.09. The van der Waals surface area contributed by atoms with Crippen LogP contribution in [0.3, 0.4) is 0 Å². The molecule has 0 aliphatic heterocycles. The highest BCUT2D eigenvalue weighted by Crippen LogP contribution is 2.68. The summed E-state index contributed by atoms with van der Waals surface area (Å²) in [5.41, 5.74) is 5.01. The molecule has 4 aliphatic rings. The van der Waals surface area contributed by atoms with E-state index in [-0.39, 0.29) is 29.4 Å². The molecule has 0 heterocycles. The minimum absolute atomic E-state index is 0.0557. The summed E-state index contributed by atoms with van der Waals surface area (Å²) in [7, 11) is 4.09. The van der Waals surface area contributed by atoms with E-state index in [1.807, 2.05) is 27.1 Å². The van der Waals surface area contributed by atoms with Crippen LogP contribution in [0.15, 0.2) is 47.1 Å². The first-order valence-corrected chi connectivity index (χ1v) is 13.6. The normalized spacial score (nSPS) is 33.3. The fraction of sp³-hybridized carbons (Fsp3) is 0.581. The maximum Gasteiger partial charge on any atom is 0.303 e. The lowest BCUT2D eigenvalue weighted by atomic mass is 9.50. The van der Waals surface area contributed by atoms with Crippen LogP contribution in [0.4, 0.5) is 5.69 Å². The van der Waals surface area contributed by atoms with Gasteiger partial charge in [0.15, 0.2) is 17.2 Å². The van der Waals surface area contributed by atoms with Crippen molar-refractivity contribution in [2.45, 2.75) is 83.7 Å². The highest BCUT2D eigenvalue weighted by Gasteiger charge is 2.67. The molecule has 2 saturated carbocycles. The molecule has 4 aliphatic carbocycles. The molecule has 0 aromatic heterocycles. The number of ether oxygens (including phenoxy) is 1. The van der Waals surface area contributed by atoms with Crippen LogP contribution < -0.4 is 4.90 Å². The van der Waals surface area contributed by atoms with Gasteiger partial charge in [-0.1, -0.05) is 31.6 Å². The first-order chi connectivity index (χ1) is 17.1. The van der Waals surface area contributed by atoms with Gasteiger partial charge in [0.1, 0.15) is 0 Å². The molecule has 0 radical (unpaired) electrons. The number of Topliss-reactive ketones (excluding diaryl/α,β-unsaturated/α-hetero) is 1. The molecule has 5 nitrogen and oxygen atoms in total. The predicted octanol–water partition coefficient (Wildman–Crippen LogP) is 5.93. The van der Waals surface area contributed by atoms with Gasteiger partial charge in [-0.05, 0) is 85.3 Å². The first-order valence-electron chi connectivity index (χ1n) is 13.6. The van der Waals surface area contributed by atoms with E-state index in [4.69, 9.17) is 4.74 Å². The number of benzene rings is 1. The van der Waals surface area contributed by atoms with Gasteiger partial charge in [-0.3, -0.25) is 14.4 Å². The van der Waals surface area contributed by atoms with Gasteiger partial charge in [0, 0.05) is 50.9 Å². The van der Waals surface area contributed by atoms with E-state index in [1.54, 1.807) is 0 Å². The van der Waals surface area contributed by atoms with Crippen molar-refractivity contribution in [3.63, 3.8) is 0 Å². The van der Waals surface area contributed by atoms with Crippen LogP contribution in [0.2, 0.25) is 0 Å². The molecule has 1 aromatic carbocycles. The van der Waals surface area contributed by atoms with Crippen molar-refractivity contribution in [1.82, 2.24) is 0 Å². The SMILES string of the molecule is CCC(=O)[C@@]1(OC(C)=O)CC[C@H]2[C@@H]3CCC4=CC(=O)CCC4=C3C(c3ccc(N(C)C)cc3)C[C@@]21C. The molecule has 0 amide bonds. The number of ketones is 2. The second-order valence-electron chi connectivity index (χ2n) is 11.7. The molecular weight excluding hydrogens is 450 g/mol. The quantitative estimate of drug-likeness (QED) is 0.480. The minimum Gasteiger partial charge on any atom is -0.451 e. The molecule has 36 heavy (non-hydrogen) atoms. The Bertz CT molecular complexity index is 1160. The van der Waals surface area contributed by atoms with Crippen LogP contribution in [0.1, 0.15) is 83.6 Å². The molecule has 5 rings (SSSR count). The Labute approximate surface area is 215 Å². The van der Waals surface area contributed by atoms with E-state index < -0.39 is 11.0 Å². The summed E-state index contributed by atoms with van der Waals surface area (Å²) in [6.45, 7) is 5.54. The maximum absolute atomic E-state index is 13.6. The molecule has 0 bridgehead atoms. The largest absolute Gasteiger partial charge is 0.451 e. The summed E-state index contributed by atoms with van der Waals surface area (Å²) in [5, 5.41) is 0. The summed E-state index contributed by atoms with van der Waals surface area (Å²) in [6, 6.07) is 8.78. The molecule has 0 N–H and O–H groups in total. The number of esters is 1. The topological polar surface area (TPSA) is 63.7 Å². The number of carbonyl (C=O) groups is 3. The number of nitrogens with zero attached hydrogens (tertiary/aromatic N) is 1. The van der Waals surface area contributed by atoms with Crippen molar-refractivity contribution in [1.29, 1.82) is 0 Å². The van der Waals surface area contributed by atoms with Crippen molar-refractivity contribution in [3.8, 4) is 0 Å². The number of hydrogen-bond acceptors (Lipinski definition) is 5. The number of hydrogen-bond donors (Lipinski definition) is 0. The third kappa shape index (κ3) is 3.69. The van der Waals surface area contributed by atoms with Crippen molar-refractivity contribution >= 4 is 23.2 Å². The standard InChI is InChI=1S/C31H39NO4/c1-6-28(35)31(36-19(2)33)16-15-27-25-13-9-21-17-23(34)12-14-24(21)29(25)26(18-30(27,31)3)20-7-10-22(11-8-20)32(4)5/h7-8,10-11,17,25-27H,6,9,12-16,18H2,1-5H3/t25-,26?,27-,30-,31-/m0/s1. The number of carbonyl (C=O) groups excluding carboxylic acids is 3. The van der Waals surface area contributed by atoms with Gasteiger partial charge in [-0.15, -0.1) is 0 Å². The fourth-order valence-electron chi connectivity index (χ4n) is 8.17. The third-order valence-corrected chi connectivity index (χ3v) is 9.76. The van der Waals surface area contributed by atoms with Gasteiger partial charge in [0.05, 0.1) is 0 Å². The Morgan fingerprint density at radius 1 is 1.08 bits per heavy atom. The van der Waals surface area contributed by atoms with Crippen molar-refractivity contribution in [2.75, 3.05) is 19.0 Å². The van der Waals surface area contributed by atoms with Crippen LogP contribution in [-0.2, 0) is 19.1 Å². The van der Waals surface area contributed by atoms with Crippen molar-refractivity contribution in [3.05, 3.63) is 52.6 Å². The smallest absolute Gasteiger partial charge is 0.303 e. The van der Waals surface area contributed by atoms with E-state index in [2.05, 4.69) is 36.1 Å². The van der Waals surface area contributed by atoms with Gasteiger partial charge in [-0.25, -0.2) is 0 Å². The zero-order valence-corrected chi connectivity index (χ0v) is 22.4. The van der Waals surface area contributed by atoms with Gasteiger partial charge in [0.2, 0.25) is 0 Å². The number of anilines is 1. The van der Waals surface area contributed by atoms with Gasteiger partial charge >= 0.3 is 5.97 Å². The predicted molar refractivity (Wildman–Crippen MR) is 141 cm³/mol. The summed E-state index contributed by atoms with van der Waals surface area (Å²) in [6.07, 6.45) is 7.82. The van der Waals surface area contributed by atoms with Crippen LogP contribution >= 0.6 is 0 Å². The molecule has 1 unspecified atom stereocenters. The van der Waals surface area contributed by atoms with E-state index in [0.717, 1.165) is 37.8 Å². The highest BCUT2D eigenvalue weighted by molar-refractivity contribution is 5.93. The second-order valence-corrected chi connectivity index (χ2v) is 11.7. The fourth-order valence-corrected chi connectivity index (χ4v) is 8.17. The van der Waals surface area contributed by atoms with E-state index in [0.29, 0.717) is 25.2 Å². The van der Waals surface area contributed by atoms with Crippen LogP contribution in [0.5, 0.6) is 0 Å². The van der Waals surface area contributed by atoms with Crippen molar-refractivity contribution < 1.29 is 19.1 Å². The molecule has 1 aromatic rings. The number of rotatable bonds is 5. The molecule has 2 fully saturated rings. The Kier molecular flexibility index (Phi) is 6.25. The van der Waals surface area contributed by atoms with Crippen LogP contribution in [0, 0.1) is 17.3 Å². The zero-order chi connectivity index (χ0) is 25.8. The second kappa shape index (κ2) is 9.00. The molecular formula is C31H39NO4. The lowest BCUT2D eigenvalue weighted by Crippen LogP contribution is -2.57. The van der Waals surface area contributed by atoms with E-state index >= 15 is 0 Å². The Morgan fingerprint density at radius 2 is 1.81 bits per heavy atom. The van der Waals surface area contributed by atoms with E-state index in [9.17, 15) is 14.4 Å². The Morgan fingerprint density at radius 3 is 2.44 bits per heavy atom. The summed E-state index contributed by atoms with van der Waals surface area (Å²) >= 11 is 0. The number of fused-ring (bicyclic) bond motifs is 4. The summed E-state index contributed by atoms with van der Waals surface area (Å²) in [4.78, 5) is 40.3. The monoisotopic (exact) mass is 489 g/mol. The Hall–Kier alpha value is -2.69. The molecule has 192 valence electrons.